The van der Waals surface area contributed by atoms with Gasteiger partial charge in [0.1, 0.15) is 0 Å². The molecule has 1 N–H and O–H groups in total. The smallest absolute Gasteiger partial charge is 0.0302 e. The van der Waals surface area contributed by atoms with Gasteiger partial charge in [-0.05, 0) is 43.1 Å². The van der Waals surface area contributed by atoms with Gasteiger partial charge in [-0.15, -0.1) is 11.3 Å². The molecule has 1 aromatic rings. The lowest BCUT2D eigenvalue weighted by Gasteiger charge is -2.09. The van der Waals surface area contributed by atoms with E-state index >= 15 is 0 Å². The minimum absolute atomic E-state index is 0.770. The molecular weight excluding hydrogens is 222 g/mol. The van der Waals surface area contributed by atoms with E-state index in [0.29, 0.717) is 0 Å². The number of hydrogen-bond acceptors (Lipinski definition) is 3. The zero-order valence-electron chi connectivity index (χ0n) is 8.92. The SMILES string of the molecule is c1c(CNC2CCSC2)sc2c1CCC2. The summed E-state index contributed by atoms with van der Waals surface area (Å²) in [6.07, 6.45) is 5.40. The Morgan fingerprint density at radius 3 is 3.20 bits per heavy atom. The van der Waals surface area contributed by atoms with Gasteiger partial charge in [0.2, 0.25) is 0 Å². The Labute approximate surface area is 99.7 Å². The first-order valence-electron chi connectivity index (χ1n) is 5.83. The highest BCUT2D eigenvalue weighted by Gasteiger charge is 2.17. The van der Waals surface area contributed by atoms with Crippen molar-refractivity contribution in [1.29, 1.82) is 0 Å². The van der Waals surface area contributed by atoms with Crippen LogP contribution in [0.15, 0.2) is 6.07 Å². The number of aryl methyl sites for hydroxylation is 2. The van der Waals surface area contributed by atoms with Gasteiger partial charge in [-0.3, -0.25) is 0 Å². The van der Waals surface area contributed by atoms with Crippen molar-refractivity contribution in [2.24, 2.45) is 0 Å². The molecule has 0 aromatic carbocycles. The van der Waals surface area contributed by atoms with Gasteiger partial charge in [-0.1, -0.05) is 0 Å². The first-order chi connectivity index (χ1) is 7.42. The highest BCUT2D eigenvalue weighted by molar-refractivity contribution is 7.99. The molecule has 0 saturated carbocycles. The van der Waals surface area contributed by atoms with Gasteiger partial charge in [-0.2, -0.15) is 11.8 Å². The quantitative estimate of drug-likeness (QED) is 0.870. The molecule has 1 atom stereocenters. The third-order valence-corrected chi connectivity index (χ3v) is 5.69. The molecule has 1 fully saturated rings. The number of nitrogens with one attached hydrogen (secondary N) is 1. The van der Waals surface area contributed by atoms with Crippen LogP contribution in [0.1, 0.15) is 28.2 Å². The van der Waals surface area contributed by atoms with Crippen molar-refractivity contribution in [3.8, 4) is 0 Å². The van der Waals surface area contributed by atoms with Gasteiger partial charge in [0.25, 0.3) is 0 Å². The van der Waals surface area contributed by atoms with E-state index in [1.54, 1.807) is 15.3 Å². The molecule has 0 amide bonds. The average molecular weight is 239 g/mol. The molecule has 1 aliphatic heterocycles. The second-order valence-corrected chi connectivity index (χ2v) is 6.83. The minimum Gasteiger partial charge on any atom is -0.308 e. The molecule has 1 unspecified atom stereocenters. The summed E-state index contributed by atoms with van der Waals surface area (Å²) < 4.78 is 0. The zero-order chi connectivity index (χ0) is 10.1. The van der Waals surface area contributed by atoms with Crippen molar-refractivity contribution in [3.05, 3.63) is 21.4 Å². The van der Waals surface area contributed by atoms with Gasteiger partial charge >= 0.3 is 0 Å². The number of hydrogen-bond donors (Lipinski definition) is 1. The van der Waals surface area contributed by atoms with Crippen molar-refractivity contribution >= 4 is 23.1 Å². The molecule has 3 heteroatoms. The summed E-state index contributed by atoms with van der Waals surface area (Å²) in [7, 11) is 0. The molecule has 0 radical (unpaired) electrons. The van der Waals surface area contributed by atoms with E-state index in [0.717, 1.165) is 12.6 Å². The second-order valence-electron chi connectivity index (χ2n) is 4.46. The lowest BCUT2D eigenvalue weighted by atomic mass is 10.2. The van der Waals surface area contributed by atoms with E-state index < -0.39 is 0 Å². The second kappa shape index (κ2) is 4.48. The number of rotatable bonds is 3. The standard InChI is InChI=1S/C12H17NS2/c1-2-9-6-11(15-12(9)3-1)7-13-10-4-5-14-8-10/h6,10,13H,1-5,7-8H2. The Bertz CT molecular complexity index is 318. The van der Waals surface area contributed by atoms with Gasteiger partial charge < -0.3 is 5.32 Å². The molecule has 1 saturated heterocycles. The van der Waals surface area contributed by atoms with Crippen LogP contribution >= 0.6 is 23.1 Å². The summed E-state index contributed by atoms with van der Waals surface area (Å²) in [5.41, 5.74) is 1.64. The minimum atomic E-state index is 0.770. The predicted octanol–water partition coefficient (Wildman–Crippen LogP) is 2.83. The Hall–Kier alpha value is 0.0100. The highest BCUT2D eigenvalue weighted by Crippen LogP contribution is 2.30. The van der Waals surface area contributed by atoms with Crippen molar-refractivity contribution in [3.63, 3.8) is 0 Å². The summed E-state index contributed by atoms with van der Waals surface area (Å²) in [6.45, 7) is 1.10. The normalized spacial score (nSPS) is 24.7. The molecule has 2 aliphatic rings. The Morgan fingerprint density at radius 2 is 2.40 bits per heavy atom. The zero-order valence-corrected chi connectivity index (χ0v) is 10.6. The Morgan fingerprint density at radius 1 is 1.40 bits per heavy atom. The van der Waals surface area contributed by atoms with E-state index in [4.69, 9.17) is 0 Å². The lowest BCUT2D eigenvalue weighted by molar-refractivity contribution is 0.561. The third-order valence-electron chi connectivity index (χ3n) is 3.29. The summed E-state index contributed by atoms with van der Waals surface area (Å²) in [5.74, 6) is 2.66. The van der Waals surface area contributed by atoms with Crippen LogP contribution in [-0.4, -0.2) is 17.5 Å². The largest absolute Gasteiger partial charge is 0.308 e. The maximum absolute atomic E-state index is 3.68. The predicted molar refractivity (Wildman–Crippen MR) is 68.9 cm³/mol. The van der Waals surface area contributed by atoms with Crippen LogP contribution in [0.25, 0.3) is 0 Å². The topological polar surface area (TPSA) is 12.0 Å². The number of fused-ring (bicyclic) bond motifs is 1. The van der Waals surface area contributed by atoms with E-state index in [9.17, 15) is 0 Å². The molecule has 0 bridgehead atoms. The van der Waals surface area contributed by atoms with Gasteiger partial charge in [0.15, 0.2) is 0 Å². The third kappa shape index (κ3) is 2.24. The Kier molecular flexibility index (Phi) is 3.04. The first-order valence-corrected chi connectivity index (χ1v) is 7.80. The Balaban J connectivity index is 1.57. The summed E-state index contributed by atoms with van der Waals surface area (Å²) >= 11 is 4.12. The highest BCUT2D eigenvalue weighted by atomic mass is 32.2. The molecular formula is C12H17NS2. The molecule has 82 valence electrons. The first kappa shape index (κ1) is 10.2. The van der Waals surface area contributed by atoms with Crippen LogP contribution in [-0.2, 0) is 19.4 Å². The van der Waals surface area contributed by atoms with Crippen molar-refractivity contribution < 1.29 is 0 Å². The van der Waals surface area contributed by atoms with Gasteiger partial charge in [-0.25, -0.2) is 0 Å². The van der Waals surface area contributed by atoms with E-state index in [1.165, 1.54) is 37.2 Å². The van der Waals surface area contributed by atoms with E-state index in [1.807, 2.05) is 11.3 Å². The summed E-state index contributed by atoms with van der Waals surface area (Å²) in [5, 5.41) is 3.68. The van der Waals surface area contributed by atoms with Crippen molar-refractivity contribution in [2.45, 2.75) is 38.3 Å². The monoisotopic (exact) mass is 239 g/mol. The maximum atomic E-state index is 3.68. The summed E-state index contributed by atoms with van der Waals surface area (Å²) in [6, 6.07) is 3.20. The average Bonchev–Trinajstić information content (AvgIpc) is 2.91. The fraction of sp³-hybridized carbons (Fsp3) is 0.667. The van der Waals surface area contributed by atoms with Gasteiger partial charge in [0.05, 0.1) is 0 Å². The van der Waals surface area contributed by atoms with Crippen LogP contribution < -0.4 is 5.32 Å². The molecule has 2 heterocycles. The number of thioether (sulfide) groups is 1. The van der Waals surface area contributed by atoms with Crippen molar-refractivity contribution in [2.75, 3.05) is 11.5 Å². The summed E-state index contributed by atoms with van der Waals surface area (Å²) in [4.78, 5) is 3.21. The van der Waals surface area contributed by atoms with Crippen molar-refractivity contribution in [1.82, 2.24) is 5.32 Å². The molecule has 3 rings (SSSR count). The van der Waals surface area contributed by atoms with E-state index in [-0.39, 0.29) is 0 Å². The fourth-order valence-electron chi connectivity index (χ4n) is 2.42. The fourth-order valence-corrected chi connectivity index (χ4v) is 4.82. The van der Waals surface area contributed by atoms with Crippen LogP contribution in [0.2, 0.25) is 0 Å². The van der Waals surface area contributed by atoms with Crippen LogP contribution in [0.5, 0.6) is 0 Å². The lowest BCUT2D eigenvalue weighted by Crippen LogP contribution is -2.27. The van der Waals surface area contributed by atoms with Gasteiger partial charge in [0, 0.05) is 28.1 Å². The molecule has 1 aliphatic carbocycles. The maximum Gasteiger partial charge on any atom is 0.0302 e. The molecule has 1 aromatic heterocycles. The molecule has 15 heavy (non-hydrogen) atoms. The number of thiophene rings is 1. The van der Waals surface area contributed by atoms with Crippen LogP contribution in [0.4, 0.5) is 0 Å². The van der Waals surface area contributed by atoms with Crippen LogP contribution in [0.3, 0.4) is 0 Å². The van der Waals surface area contributed by atoms with E-state index in [2.05, 4.69) is 23.1 Å². The molecule has 1 nitrogen and oxygen atoms in total. The van der Waals surface area contributed by atoms with Crippen LogP contribution in [0, 0.1) is 0 Å². The molecule has 0 spiro atoms.